The maximum Gasteiger partial charge on any atom is 0.103 e. The van der Waals surface area contributed by atoms with Gasteiger partial charge in [-0.2, -0.15) is 0 Å². The Bertz CT molecular complexity index is 160. The molecule has 0 bridgehead atoms. The topological polar surface area (TPSA) is 37.7 Å². The molecule has 1 aromatic heterocycles. The normalized spacial score (nSPS) is 13.6. The zero-order valence-electron chi connectivity index (χ0n) is 5.32. The van der Waals surface area contributed by atoms with E-state index in [4.69, 9.17) is 0 Å². The Balaban J connectivity index is 2.65. The van der Waals surface area contributed by atoms with E-state index >= 15 is 0 Å². The molecule has 0 aliphatic rings. The third-order valence-electron chi connectivity index (χ3n) is 1.28. The molecule has 0 fully saturated rings. The van der Waals surface area contributed by atoms with Crippen LogP contribution in [0.4, 0.5) is 0 Å². The molecule has 3 nitrogen and oxygen atoms in total. The first-order valence-electron chi connectivity index (χ1n) is 2.90. The van der Waals surface area contributed by atoms with Gasteiger partial charge in [0, 0.05) is 12.4 Å². The summed E-state index contributed by atoms with van der Waals surface area (Å²) in [5, 5.41) is 10.3. The van der Waals surface area contributed by atoms with E-state index in [1.54, 1.807) is 23.3 Å². The highest BCUT2D eigenvalue weighted by Crippen LogP contribution is 2.01. The Morgan fingerprint density at radius 2 is 2.56 bits per heavy atom. The molecule has 1 atom stereocenters. The Hall–Kier alpha value is -0.830. The molecule has 1 unspecified atom stereocenters. The van der Waals surface area contributed by atoms with Gasteiger partial charge in [-0.1, -0.05) is 0 Å². The molecule has 0 N–H and O–H groups in total. The van der Waals surface area contributed by atoms with Crippen LogP contribution in [0.25, 0.3) is 0 Å². The van der Waals surface area contributed by atoms with Crippen LogP contribution in [0.15, 0.2) is 18.7 Å². The van der Waals surface area contributed by atoms with Crippen LogP contribution in [-0.4, -0.2) is 16.2 Å². The number of rotatable bonds is 2. The molecule has 1 radical (unpaired) electrons. The summed E-state index contributed by atoms with van der Waals surface area (Å²) < 4.78 is 1.80. The summed E-state index contributed by atoms with van der Waals surface area (Å²) in [7, 11) is 0. The van der Waals surface area contributed by atoms with Gasteiger partial charge in [0.25, 0.3) is 0 Å². The van der Waals surface area contributed by atoms with E-state index in [2.05, 4.69) is 4.98 Å². The third-order valence-corrected chi connectivity index (χ3v) is 1.28. The zero-order chi connectivity index (χ0) is 6.69. The van der Waals surface area contributed by atoms with E-state index < -0.39 is 0 Å². The van der Waals surface area contributed by atoms with Crippen molar-refractivity contribution in [3.8, 4) is 0 Å². The highest BCUT2D eigenvalue weighted by molar-refractivity contribution is 4.77. The summed E-state index contributed by atoms with van der Waals surface area (Å²) in [6.07, 6.45) is 5.12. The van der Waals surface area contributed by atoms with Crippen LogP contribution in [0.2, 0.25) is 0 Å². The summed E-state index contributed by atoms with van der Waals surface area (Å²) in [6, 6.07) is 0.0347. The van der Waals surface area contributed by atoms with Crippen LogP contribution in [0.3, 0.4) is 0 Å². The summed E-state index contributed by atoms with van der Waals surface area (Å²) in [5.74, 6) is 0. The van der Waals surface area contributed by atoms with E-state index in [1.807, 2.05) is 6.92 Å². The van der Waals surface area contributed by atoms with E-state index in [1.165, 1.54) is 0 Å². The average molecular weight is 125 g/mol. The highest BCUT2D eigenvalue weighted by Gasteiger charge is 1.99. The summed E-state index contributed by atoms with van der Waals surface area (Å²) >= 11 is 0. The van der Waals surface area contributed by atoms with Crippen LogP contribution in [0.1, 0.15) is 13.0 Å². The summed E-state index contributed by atoms with van der Waals surface area (Å²) in [6.45, 7) is 1.78. The van der Waals surface area contributed by atoms with Gasteiger partial charge in [0.1, 0.15) is 6.61 Å². The maximum absolute atomic E-state index is 10.3. The van der Waals surface area contributed by atoms with Crippen molar-refractivity contribution < 1.29 is 5.11 Å². The van der Waals surface area contributed by atoms with Crippen LogP contribution in [0, 0.1) is 0 Å². The van der Waals surface area contributed by atoms with Crippen molar-refractivity contribution in [3.63, 3.8) is 0 Å². The fourth-order valence-corrected chi connectivity index (χ4v) is 0.616. The lowest BCUT2D eigenvalue weighted by atomic mass is 10.4. The van der Waals surface area contributed by atoms with Crippen LogP contribution in [-0.2, 0) is 5.11 Å². The Kier molecular flexibility index (Phi) is 1.85. The quantitative estimate of drug-likeness (QED) is 0.578. The largest absolute Gasteiger partial charge is 0.332 e. The second-order valence-corrected chi connectivity index (χ2v) is 2.03. The van der Waals surface area contributed by atoms with E-state index in [9.17, 15) is 5.11 Å². The monoisotopic (exact) mass is 125 g/mol. The average Bonchev–Trinajstić information content (AvgIpc) is 2.37. The van der Waals surface area contributed by atoms with Gasteiger partial charge in [-0.3, -0.25) is 0 Å². The standard InChI is InChI=1S/C6H9N2O/c1-6(4-9)8-3-2-7-5-8/h2-3,5-6H,4H2,1H3. The van der Waals surface area contributed by atoms with Gasteiger partial charge < -0.3 is 4.57 Å². The minimum atomic E-state index is -0.0869. The highest BCUT2D eigenvalue weighted by atomic mass is 16.3. The van der Waals surface area contributed by atoms with E-state index in [0.717, 1.165) is 0 Å². The lowest BCUT2D eigenvalue weighted by Gasteiger charge is -2.05. The van der Waals surface area contributed by atoms with Crippen molar-refractivity contribution in [1.29, 1.82) is 0 Å². The second kappa shape index (κ2) is 2.64. The fourth-order valence-electron chi connectivity index (χ4n) is 0.616. The first-order chi connectivity index (χ1) is 4.34. The number of hydrogen-bond acceptors (Lipinski definition) is 1. The SMILES string of the molecule is CC(C[O])n1ccnc1. The Morgan fingerprint density at radius 3 is 3.00 bits per heavy atom. The molecule has 0 saturated carbocycles. The summed E-state index contributed by atoms with van der Waals surface area (Å²) in [5.41, 5.74) is 0. The molecule has 1 rings (SSSR count). The number of imidazole rings is 1. The van der Waals surface area contributed by atoms with Crippen molar-refractivity contribution >= 4 is 0 Å². The molecular formula is C6H9N2O. The lowest BCUT2D eigenvalue weighted by Crippen LogP contribution is -2.05. The predicted octanol–water partition coefficient (Wildman–Crippen LogP) is 0.875. The minimum absolute atomic E-state index is 0.0347. The molecule has 49 valence electrons. The first kappa shape index (κ1) is 6.29. The molecule has 0 aliphatic heterocycles. The van der Waals surface area contributed by atoms with Crippen LogP contribution in [0.5, 0.6) is 0 Å². The molecule has 0 aromatic carbocycles. The van der Waals surface area contributed by atoms with Gasteiger partial charge in [-0.25, -0.2) is 10.1 Å². The number of nitrogens with zero attached hydrogens (tertiary/aromatic N) is 2. The molecule has 0 saturated heterocycles. The van der Waals surface area contributed by atoms with Gasteiger partial charge in [0.05, 0.1) is 12.4 Å². The number of aromatic nitrogens is 2. The van der Waals surface area contributed by atoms with Gasteiger partial charge >= 0.3 is 0 Å². The molecular weight excluding hydrogens is 116 g/mol. The van der Waals surface area contributed by atoms with Crippen molar-refractivity contribution in [2.75, 3.05) is 6.61 Å². The van der Waals surface area contributed by atoms with E-state index in [0.29, 0.717) is 0 Å². The summed E-state index contributed by atoms with van der Waals surface area (Å²) in [4.78, 5) is 3.82. The molecule has 0 spiro atoms. The van der Waals surface area contributed by atoms with Gasteiger partial charge in [-0.15, -0.1) is 0 Å². The van der Waals surface area contributed by atoms with Gasteiger partial charge in [0.15, 0.2) is 0 Å². The fraction of sp³-hybridized carbons (Fsp3) is 0.500. The lowest BCUT2D eigenvalue weighted by molar-refractivity contribution is 0.154. The first-order valence-corrected chi connectivity index (χ1v) is 2.90. The van der Waals surface area contributed by atoms with E-state index in [-0.39, 0.29) is 12.6 Å². The smallest absolute Gasteiger partial charge is 0.103 e. The Labute approximate surface area is 54.0 Å². The molecule has 0 aliphatic carbocycles. The van der Waals surface area contributed by atoms with Crippen LogP contribution < -0.4 is 0 Å². The van der Waals surface area contributed by atoms with Crippen molar-refractivity contribution in [2.24, 2.45) is 0 Å². The van der Waals surface area contributed by atoms with Crippen molar-refractivity contribution in [2.45, 2.75) is 13.0 Å². The molecule has 9 heavy (non-hydrogen) atoms. The Morgan fingerprint density at radius 1 is 1.78 bits per heavy atom. The van der Waals surface area contributed by atoms with Crippen LogP contribution >= 0.6 is 0 Å². The molecule has 1 heterocycles. The van der Waals surface area contributed by atoms with Gasteiger partial charge in [-0.05, 0) is 6.92 Å². The van der Waals surface area contributed by atoms with Gasteiger partial charge in [0.2, 0.25) is 0 Å². The minimum Gasteiger partial charge on any atom is -0.332 e. The maximum atomic E-state index is 10.3. The predicted molar refractivity (Wildman–Crippen MR) is 32.5 cm³/mol. The zero-order valence-corrected chi connectivity index (χ0v) is 5.32. The molecule has 3 heteroatoms. The molecule has 0 amide bonds. The van der Waals surface area contributed by atoms with Crippen molar-refractivity contribution in [1.82, 2.24) is 9.55 Å². The third kappa shape index (κ3) is 1.29. The molecule has 1 aromatic rings. The number of hydrogen-bond donors (Lipinski definition) is 0. The second-order valence-electron chi connectivity index (χ2n) is 2.03. The van der Waals surface area contributed by atoms with Crippen molar-refractivity contribution in [3.05, 3.63) is 18.7 Å².